The van der Waals surface area contributed by atoms with E-state index >= 15 is 8.78 Å². The zero-order valence-corrected chi connectivity index (χ0v) is 16.8. The van der Waals surface area contributed by atoms with Crippen LogP contribution in [0.25, 0.3) is 0 Å². The van der Waals surface area contributed by atoms with Crippen LogP contribution in [0, 0.1) is 0 Å². The monoisotopic (exact) mass is 662 g/mol. The molecule has 0 heterocycles. The van der Waals surface area contributed by atoms with Crippen LogP contribution in [0.5, 0.6) is 0 Å². The van der Waals surface area contributed by atoms with Crippen molar-refractivity contribution in [3.8, 4) is 0 Å². The highest BCUT2D eigenvalue weighted by Gasteiger charge is 3.18. The predicted molar refractivity (Wildman–Crippen MR) is 67.0 cm³/mol. The van der Waals surface area contributed by atoms with Gasteiger partial charge < -0.3 is 0 Å². The van der Waals surface area contributed by atoms with Crippen LogP contribution in [0.15, 0.2) is 0 Å². The number of alkyl halides is 26. The first-order valence-electron chi connectivity index (χ1n) is 8.66. The zero-order chi connectivity index (χ0) is 33.0. The number of hydrogen-bond donors (Lipinski definition) is 0. The molecule has 4 atom stereocenters. The summed E-state index contributed by atoms with van der Waals surface area (Å²) in [5.74, 6) is -75.4. The highest BCUT2D eigenvalue weighted by atomic mass is 19.4. The van der Waals surface area contributed by atoms with Crippen molar-refractivity contribution >= 4 is 0 Å². The second-order valence-corrected chi connectivity index (χ2v) is 8.22. The lowest BCUT2D eigenvalue weighted by Crippen LogP contribution is -3.02. The molecule has 2 rings (SSSR count). The summed E-state index contributed by atoms with van der Waals surface area (Å²) in [5.41, 5.74) is -40.7. The molecule has 2 aliphatic rings. The molecule has 0 aromatic carbocycles. The molecule has 2 aliphatic carbocycles. The molecular formula is C14F26. The molecule has 0 aromatic rings. The maximum absolute atomic E-state index is 15.3. The highest BCUT2D eigenvalue weighted by molar-refractivity contribution is 5.48. The van der Waals surface area contributed by atoms with Crippen molar-refractivity contribution in [2.75, 3.05) is 0 Å². The number of fused-ring (bicyclic) bond motifs is 1. The van der Waals surface area contributed by atoms with Gasteiger partial charge in [0.05, 0.1) is 0 Å². The number of halogens is 26. The van der Waals surface area contributed by atoms with Crippen molar-refractivity contribution in [2.24, 2.45) is 0 Å². The van der Waals surface area contributed by atoms with Gasteiger partial charge in [-0.3, -0.25) is 0 Å². The maximum Gasteiger partial charge on any atom is 0.457 e. The third kappa shape index (κ3) is 2.52. The van der Waals surface area contributed by atoms with Crippen LogP contribution >= 0.6 is 0 Å². The molecule has 0 amide bonds. The standard InChI is InChI=1S/C14F26/c15-1-2(16,4(18,13(35,36)37)9(27,28)14(38,39)40)6(21,22)10(29,30)7(23,24)3(1,17)8(25,26)12(33,34)11(31,32)5(1,19)20. The summed E-state index contributed by atoms with van der Waals surface area (Å²) >= 11 is 0. The van der Waals surface area contributed by atoms with E-state index in [0.717, 1.165) is 0 Å². The Morgan fingerprint density at radius 2 is 0.525 bits per heavy atom. The first-order valence-corrected chi connectivity index (χ1v) is 8.66. The minimum atomic E-state index is -10.5. The van der Waals surface area contributed by atoms with Crippen LogP contribution in [-0.4, -0.2) is 82.4 Å². The van der Waals surface area contributed by atoms with E-state index in [1.807, 2.05) is 0 Å². The lowest BCUT2D eigenvalue weighted by atomic mass is 9.47. The second kappa shape index (κ2) is 7.21. The zero-order valence-electron chi connectivity index (χ0n) is 16.8. The highest BCUT2D eigenvalue weighted by Crippen LogP contribution is 2.84. The fourth-order valence-corrected chi connectivity index (χ4v) is 4.21. The minimum absolute atomic E-state index is 8.87. The first-order chi connectivity index (χ1) is 16.8. The molecule has 0 spiro atoms. The molecule has 0 nitrogen and oxygen atoms in total. The largest absolute Gasteiger partial charge is 0.457 e. The van der Waals surface area contributed by atoms with Crippen molar-refractivity contribution in [1.29, 1.82) is 0 Å². The van der Waals surface area contributed by atoms with E-state index in [2.05, 4.69) is 0 Å². The van der Waals surface area contributed by atoms with E-state index in [-0.39, 0.29) is 0 Å². The van der Waals surface area contributed by atoms with Gasteiger partial charge >= 0.3 is 65.4 Å². The van der Waals surface area contributed by atoms with E-state index in [1.165, 1.54) is 0 Å². The van der Waals surface area contributed by atoms with Crippen molar-refractivity contribution in [3.05, 3.63) is 0 Å². The third-order valence-corrected chi connectivity index (χ3v) is 6.31. The molecule has 0 radical (unpaired) electrons. The van der Waals surface area contributed by atoms with Crippen molar-refractivity contribution in [1.82, 2.24) is 0 Å². The van der Waals surface area contributed by atoms with Crippen LogP contribution in [0.2, 0.25) is 0 Å². The molecule has 0 aliphatic heterocycles. The summed E-state index contributed by atoms with van der Waals surface area (Å²) in [6.45, 7) is 0. The van der Waals surface area contributed by atoms with Gasteiger partial charge in [0.1, 0.15) is 0 Å². The summed E-state index contributed by atoms with van der Waals surface area (Å²) in [7, 11) is 0. The summed E-state index contributed by atoms with van der Waals surface area (Å²) in [6, 6.07) is 0. The summed E-state index contributed by atoms with van der Waals surface area (Å²) in [5, 5.41) is 0. The fraction of sp³-hybridized carbons (Fsp3) is 1.00. The lowest BCUT2D eigenvalue weighted by molar-refractivity contribution is -0.569. The van der Waals surface area contributed by atoms with Crippen LogP contribution < -0.4 is 0 Å². The molecule has 2 saturated carbocycles. The smallest absolute Gasteiger partial charge is 0.229 e. The predicted octanol–water partition coefficient (Wildman–Crippen LogP) is 8.05. The normalized spacial score (nSPS) is 39.1. The molecule has 4 unspecified atom stereocenters. The molecule has 0 bridgehead atoms. The quantitative estimate of drug-likeness (QED) is 0.263. The van der Waals surface area contributed by atoms with Gasteiger partial charge in [-0.2, -0.15) is 96.6 Å². The average Bonchev–Trinajstić information content (AvgIpc) is 2.72. The Balaban J connectivity index is 3.60. The van der Waals surface area contributed by atoms with Gasteiger partial charge in [0.15, 0.2) is 0 Å². The number of hydrogen-bond acceptors (Lipinski definition) is 0. The van der Waals surface area contributed by atoms with Crippen LogP contribution in [-0.2, 0) is 0 Å². The molecule has 0 aromatic heterocycles. The summed E-state index contributed by atoms with van der Waals surface area (Å²) < 4.78 is 360. The molecule has 40 heavy (non-hydrogen) atoms. The van der Waals surface area contributed by atoms with E-state index in [4.69, 9.17) is 0 Å². The van der Waals surface area contributed by atoms with Gasteiger partial charge in [-0.15, -0.1) is 0 Å². The van der Waals surface area contributed by atoms with Crippen LogP contribution in [0.4, 0.5) is 114 Å². The van der Waals surface area contributed by atoms with Gasteiger partial charge in [-0.25, -0.2) is 17.6 Å². The van der Waals surface area contributed by atoms with E-state index in [9.17, 15) is 105 Å². The minimum Gasteiger partial charge on any atom is -0.229 e. The fourth-order valence-electron chi connectivity index (χ4n) is 4.21. The lowest BCUT2D eigenvalue weighted by Gasteiger charge is -2.67. The van der Waals surface area contributed by atoms with Gasteiger partial charge in [0.2, 0.25) is 0 Å². The van der Waals surface area contributed by atoms with Crippen LogP contribution in [0.1, 0.15) is 0 Å². The van der Waals surface area contributed by atoms with Crippen molar-refractivity contribution < 1.29 is 114 Å². The Bertz CT molecular complexity index is 1050. The van der Waals surface area contributed by atoms with Crippen LogP contribution in [0.3, 0.4) is 0 Å². The van der Waals surface area contributed by atoms with Gasteiger partial charge in [0, 0.05) is 0 Å². The Morgan fingerprint density at radius 3 is 0.775 bits per heavy atom. The van der Waals surface area contributed by atoms with Crippen molar-refractivity contribution in [3.63, 3.8) is 0 Å². The van der Waals surface area contributed by atoms with Gasteiger partial charge in [0.25, 0.3) is 17.0 Å². The maximum atomic E-state index is 15.3. The first kappa shape index (κ1) is 34.4. The molecule has 2 fully saturated rings. The topological polar surface area (TPSA) is 0 Å². The Labute approximate surface area is 198 Å². The average molecular weight is 662 g/mol. The Hall–Kier alpha value is -1.82. The Morgan fingerprint density at radius 1 is 0.275 bits per heavy atom. The van der Waals surface area contributed by atoms with E-state index < -0.39 is 82.4 Å². The SMILES string of the molecule is FC(F)(F)C(F)(F)C(F)(C(F)(F)F)C1(F)C(F)(F)C(F)(F)C(F)(F)C2(F)C(F)(F)C(F)(F)C(F)(F)C(F)(F)C21F. The second-order valence-electron chi connectivity index (χ2n) is 8.22. The molecular weight excluding hydrogens is 662 g/mol. The van der Waals surface area contributed by atoms with Crippen molar-refractivity contribution in [2.45, 2.75) is 82.4 Å². The molecule has 0 N–H and O–H groups in total. The molecule has 238 valence electrons. The summed E-state index contributed by atoms with van der Waals surface area (Å²) in [6.07, 6.45) is -18.3. The molecule has 26 heteroatoms. The van der Waals surface area contributed by atoms with E-state index in [0.29, 0.717) is 0 Å². The summed E-state index contributed by atoms with van der Waals surface area (Å²) in [4.78, 5) is 0. The van der Waals surface area contributed by atoms with Gasteiger partial charge in [-0.05, 0) is 0 Å². The third-order valence-electron chi connectivity index (χ3n) is 6.31. The Kier molecular flexibility index (Phi) is 6.19. The van der Waals surface area contributed by atoms with Gasteiger partial charge in [-0.1, -0.05) is 0 Å². The van der Waals surface area contributed by atoms with E-state index in [1.54, 1.807) is 0 Å². The molecule has 0 saturated heterocycles. The number of rotatable bonds is 2.